The number of aliphatic carboxylic acids is 1. The van der Waals surface area contributed by atoms with Gasteiger partial charge >= 0.3 is 11.9 Å². The number of carbonyl (C=O) groups is 2. The zero-order valence-corrected chi connectivity index (χ0v) is 19.3. The lowest BCUT2D eigenvalue weighted by molar-refractivity contribution is -0.167. The van der Waals surface area contributed by atoms with Crippen LogP contribution in [0.1, 0.15) is 54.4 Å². The molecule has 0 aromatic carbocycles. The molecule has 0 heterocycles. The van der Waals surface area contributed by atoms with Crippen LogP contribution in [0.25, 0.3) is 0 Å². The first kappa shape index (κ1) is 25.8. The Morgan fingerprint density at radius 3 is 2.11 bits per heavy atom. The minimum absolute atomic E-state index is 0.0745. The van der Waals surface area contributed by atoms with Crippen molar-refractivity contribution in [2.45, 2.75) is 84.2 Å². The van der Waals surface area contributed by atoms with Crippen LogP contribution in [0.4, 0.5) is 0 Å². The molecule has 0 saturated heterocycles. The molecule has 2 atom stereocenters. The lowest BCUT2D eigenvalue weighted by atomic mass is 9.99. The zero-order valence-electron chi connectivity index (χ0n) is 18.3. The molecule has 0 bridgehead atoms. The largest absolute Gasteiger partial charge is 0.481 e. The third-order valence-electron chi connectivity index (χ3n) is 4.59. The van der Waals surface area contributed by atoms with Gasteiger partial charge in [-0.1, -0.05) is 26.8 Å². The fourth-order valence-corrected chi connectivity index (χ4v) is 3.54. The van der Waals surface area contributed by atoms with Crippen molar-refractivity contribution in [1.82, 2.24) is 0 Å². The highest BCUT2D eigenvalue weighted by Crippen LogP contribution is 2.39. The van der Waals surface area contributed by atoms with Gasteiger partial charge in [-0.3, -0.25) is 9.59 Å². The molecule has 0 aromatic rings. The molecule has 0 radical (unpaired) electrons. The summed E-state index contributed by atoms with van der Waals surface area (Å²) in [6.07, 6.45) is 1.16. The van der Waals surface area contributed by atoms with Gasteiger partial charge in [0.25, 0.3) is 0 Å². The Morgan fingerprint density at radius 1 is 1.15 bits per heavy atom. The summed E-state index contributed by atoms with van der Waals surface area (Å²) in [4.78, 5) is 24.0. The highest BCUT2D eigenvalue weighted by molar-refractivity contribution is 6.74. The van der Waals surface area contributed by atoms with E-state index in [1.165, 1.54) is 0 Å². The van der Waals surface area contributed by atoms with Crippen LogP contribution in [0, 0.1) is 5.92 Å². The number of hydrogen-bond donors (Lipinski definition) is 1. The molecule has 27 heavy (non-hydrogen) atoms. The van der Waals surface area contributed by atoms with Gasteiger partial charge in [-0.25, -0.2) is 0 Å². The van der Waals surface area contributed by atoms with E-state index in [0.717, 1.165) is 0 Å². The Bertz CT molecular complexity index is 502. The maximum Gasteiger partial charge on any atom is 0.314 e. The smallest absolute Gasteiger partial charge is 0.314 e. The fraction of sp³-hybridized carbons (Fsp3) is 0.800. The Labute approximate surface area is 165 Å². The minimum Gasteiger partial charge on any atom is -0.481 e. The van der Waals surface area contributed by atoms with Crippen LogP contribution in [-0.2, 0) is 23.5 Å². The molecule has 0 spiro atoms. The second-order valence-electron chi connectivity index (χ2n) is 9.32. The van der Waals surface area contributed by atoms with Crippen molar-refractivity contribution in [1.29, 1.82) is 0 Å². The predicted octanol–water partition coefficient (Wildman–Crippen LogP) is 4.40. The topological polar surface area (TPSA) is 82.1 Å². The van der Waals surface area contributed by atoms with E-state index in [4.69, 9.17) is 19.0 Å². The van der Waals surface area contributed by atoms with Crippen molar-refractivity contribution in [3.05, 3.63) is 12.7 Å². The van der Waals surface area contributed by atoms with Crippen molar-refractivity contribution in [2.24, 2.45) is 5.92 Å². The van der Waals surface area contributed by atoms with Crippen LogP contribution in [0.2, 0.25) is 18.1 Å². The van der Waals surface area contributed by atoms with Crippen molar-refractivity contribution >= 4 is 20.3 Å². The van der Waals surface area contributed by atoms with E-state index >= 15 is 0 Å². The van der Waals surface area contributed by atoms with E-state index in [0.29, 0.717) is 6.61 Å². The molecular weight excluding hydrogens is 364 g/mol. The van der Waals surface area contributed by atoms with Gasteiger partial charge < -0.3 is 19.0 Å². The van der Waals surface area contributed by atoms with Gasteiger partial charge in [0.2, 0.25) is 0 Å². The third kappa shape index (κ3) is 10.1. The minimum atomic E-state index is -2.23. The fourth-order valence-electron chi connectivity index (χ4n) is 2.15. The van der Waals surface area contributed by atoms with Gasteiger partial charge in [0, 0.05) is 6.42 Å². The number of carbonyl (C=O) groups excluding carboxylic acids is 1. The van der Waals surface area contributed by atoms with Gasteiger partial charge in [-0.15, -0.1) is 6.58 Å². The molecule has 0 aromatic heterocycles. The monoisotopic (exact) mass is 402 g/mol. The number of rotatable bonds is 11. The molecule has 0 aliphatic heterocycles. The highest BCUT2D eigenvalue weighted by atomic mass is 28.4. The molecular formula is C20H38O6Si. The zero-order chi connectivity index (χ0) is 21.5. The average Bonchev–Trinajstić information content (AvgIpc) is 2.45. The van der Waals surface area contributed by atoms with E-state index in [9.17, 15) is 9.59 Å². The Kier molecular flexibility index (Phi) is 9.93. The average molecular weight is 403 g/mol. The predicted molar refractivity (Wildman–Crippen MR) is 109 cm³/mol. The summed E-state index contributed by atoms with van der Waals surface area (Å²) in [7, 11) is -2.23. The first-order valence-corrected chi connectivity index (χ1v) is 12.3. The maximum absolute atomic E-state index is 12.8. The standard InChI is InChI=1S/C20H38O6Si/c1-10-13-24-14-15(18(23)25-19(2,3)4)16(11-12-17(21)22)26-27(8,9)20(5,6)7/h10,15-16H,1,11-14H2,2-9H3,(H,21,22)/t15-,16-/m0/s1. The van der Waals surface area contributed by atoms with Crippen molar-refractivity contribution < 1.29 is 28.6 Å². The first-order valence-electron chi connectivity index (χ1n) is 9.42. The van der Waals surface area contributed by atoms with Crippen LogP contribution < -0.4 is 0 Å². The van der Waals surface area contributed by atoms with E-state index in [2.05, 4.69) is 40.4 Å². The molecule has 7 heteroatoms. The molecule has 0 aliphatic carbocycles. The lowest BCUT2D eigenvalue weighted by Crippen LogP contribution is -2.49. The summed E-state index contributed by atoms with van der Waals surface area (Å²) in [5.41, 5.74) is -0.651. The molecule has 0 amide bonds. The summed E-state index contributed by atoms with van der Waals surface area (Å²) in [5, 5.41) is 9.06. The van der Waals surface area contributed by atoms with Gasteiger partial charge in [0.1, 0.15) is 11.5 Å². The van der Waals surface area contributed by atoms with Crippen LogP contribution in [-0.4, -0.2) is 50.3 Å². The number of carboxylic acid groups (broad SMARTS) is 1. The van der Waals surface area contributed by atoms with E-state index < -0.39 is 37.9 Å². The van der Waals surface area contributed by atoms with Crippen LogP contribution >= 0.6 is 0 Å². The van der Waals surface area contributed by atoms with Crippen LogP contribution in [0.15, 0.2) is 12.7 Å². The van der Waals surface area contributed by atoms with Crippen LogP contribution in [0.3, 0.4) is 0 Å². The summed E-state index contributed by atoms with van der Waals surface area (Å²) in [5.74, 6) is -2.05. The molecule has 0 saturated carbocycles. The molecule has 158 valence electrons. The third-order valence-corrected chi connectivity index (χ3v) is 9.09. The van der Waals surface area contributed by atoms with Crippen LogP contribution in [0.5, 0.6) is 0 Å². The lowest BCUT2D eigenvalue weighted by Gasteiger charge is -2.41. The molecule has 6 nitrogen and oxygen atoms in total. The quantitative estimate of drug-likeness (QED) is 0.239. The molecule has 1 N–H and O–H groups in total. The Morgan fingerprint density at radius 2 is 1.70 bits per heavy atom. The molecule has 0 fully saturated rings. The Hall–Kier alpha value is -1.18. The summed E-state index contributed by atoms with van der Waals surface area (Å²) >= 11 is 0. The van der Waals surface area contributed by atoms with E-state index in [1.54, 1.807) is 26.8 Å². The van der Waals surface area contributed by atoms with E-state index in [-0.39, 0.29) is 24.5 Å². The van der Waals surface area contributed by atoms with Gasteiger partial charge in [-0.05, 0) is 45.3 Å². The second-order valence-corrected chi connectivity index (χ2v) is 14.1. The SMILES string of the molecule is C=CCOC[C@H](C(=O)OC(C)(C)C)[C@H](CCC(=O)O)O[Si](C)(C)C(C)(C)C. The second kappa shape index (κ2) is 10.4. The van der Waals surface area contributed by atoms with Crippen molar-refractivity contribution in [3.8, 4) is 0 Å². The van der Waals surface area contributed by atoms with Crippen molar-refractivity contribution in [2.75, 3.05) is 13.2 Å². The maximum atomic E-state index is 12.8. The van der Waals surface area contributed by atoms with E-state index in [1.807, 2.05) is 0 Å². The molecule has 0 aliphatic rings. The van der Waals surface area contributed by atoms with Gasteiger partial charge in [0.15, 0.2) is 8.32 Å². The molecule has 0 unspecified atom stereocenters. The van der Waals surface area contributed by atoms with Crippen molar-refractivity contribution in [3.63, 3.8) is 0 Å². The summed E-state index contributed by atoms with van der Waals surface area (Å²) in [6.45, 7) is 19.9. The summed E-state index contributed by atoms with van der Waals surface area (Å²) < 4.78 is 17.5. The van der Waals surface area contributed by atoms with Gasteiger partial charge in [-0.2, -0.15) is 0 Å². The summed E-state index contributed by atoms with van der Waals surface area (Å²) in [6, 6.07) is 0. The molecule has 0 rings (SSSR count). The van der Waals surface area contributed by atoms with Gasteiger partial charge in [0.05, 0.1) is 19.3 Å². The number of ether oxygens (including phenoxy) is 2. The Balaban J connectivity index is 5.67. The highest BCUT2D eigenvalue weighted by Gasteiger charge is 2.43. The number of hydrogen-bond acceptors (Lipinski definition) is 5. The normalized spacial score (nSPS) is 15.1. The number of esters is 1. The number of carboxylic acids is 1. The first-order chi connectivity index (χ1) is 12.1.